The fourth-order valence-corrected chi connectivity index (χ4v) is 2.66. The molecule has 146 valence electrons. The second-order valence-electron chi connectivity index (χ2n) is 5.85. The van der Waals surface area contributed by atoms with Crippen molar-refractivity contribution >= 4 is 23.2 Å². The highest BCUT2D eigenvalue weighted by Crippen LogP contribution is 2.29. The van der Waals surface area contributed by atoms with E-state index in [1.54, 1.807) is 19.2 Å². The topological polar surface area (TPSA) is 52.0 Å². The Kier molecular flexibility index (Phi) is 7.32. The summed E-state index contributed by atoms with van der Waals surface area (Å²) in [6.07, 6.45) is 0. The summed E-state index contributed by atoms with van der Waals surface area (Å²) in [5.74, 6) is -0.864. The fraction of sp³-hybridized carbons (Fsp3) is 0.278. The highest BCUT2D eigenvalue weighted by atomic mass is 35.5. The molecule has 5 nitrogen and oxygen atoms in total. The van der Waals surface area contributed by atoms with Gasteiger partial charge in [0.1, 0.15) is 12.4 Å². The molecule has 0 aliphatic rings. The first-order valence-electron chi connectivity index (χ1n) is 7.96. The van der Waals surface area contributed by atoms with Gasteiger partial charge in [0.25, 0.3) is 5.91 Å². The number of alkyl halides is 2. The summed E-state index contributed by atoms with van der Waals surface area (Å²) < 4.78 is 47.8. The largest absolute Gasteiger partial charge is 0.493 e. The number of amides is 1. The van der Waals surface area contributed by atoms with Crippen molar-refractivity contribution in [2.45, 2.75) is 13.2 Å². The molecule has 0 radical (unpaired) electrons. The Morgan fingerprint density at radius 3 is 2.63 bits per heavy atom. The van der Waals surface area contributed by atoms with Crippen LogP contribution < -0.4 is 19.7 Å². The van der Waals surface area contributed by atoms with Gasteiger partial charge in [0.15, 0.2) is 18.0 Å². The molecular formula is C18H19ClF3N2O3+. The van der Waals surface area contributed by atoms with Crippen LogP contribution in [0.1, 0.15) is 5.56 Å². The van der Waals surface area contributed by atoms with Crippen LogP contribution in [0.2, 0.25) is 5.02 Å². The van der Waals surface area contributed by atoms with Gasteiger partial charge in [-0.2, -0.15) is 8.78 Å². The SMILES string of the molecule is COc1cc(C[NH+](C)CC(=O)Nc2cc(Cl)ccc2F)ccc1OC(F)F. The highest BCUT2D eigenvalue weighted by Gasteiger charge is 2.16. The van der Waals surface area contributed by atoms with Crippen molar-refractivity contribution in [2.75, 3.05) is 26.0 Å². The van der Waals surface area contributed by atoms with Crippen LogP contribution in [-0.2, 0) is 11.3 Å². The van der Waals surface area contributed by atoms with Gasteiger partial charge >= 0.3 is 6.61 Å². The Labute approximate surface area is 159 Å². The van der Waals surface area contributed by atoms with Gasteiger partial charge in [-0.05, 0) is 36.4 Å². The third-order valence-corrected chi connectivity index (χ3v) is 3.85. The van der Waals surface area contributed by atoms with Crippen LogP contribution in [0, 0.1) is 5.82 Å². The molecule has 2 N–H and O–H groups in total. The van der Waals surface area contributed by atoms with E-state index in [1.165, 1.54) is 31.4 Å². The summed E-state index contributed by atoms with van der Waals surface area (Å²) in [5.41, 5.74) is 0.767. The van der Waals surface area contributed by atoms with E-state index >= 15 is 0 Å². The maximum absolute atomic E-state index is 13.7. The molecule has 1 unspecified atom stereocenters. The molecule has 0 saturated heterocycles. The van der Waals surface area contributed by atoms with Crippen LogP contribution in [0.3, 0.4) is 0 Å². The Bertz CT molecular complexity index is 805. The molecule has 2 aromatic carbocycles. The number of carbonyl (C=O) groups is 1. The second-order valence-corrected chi connectivity index (χ2v) is 6.28. The van der Waals surface area contributed by atoms with Gasteiger partial charge in [-0.1, -0.05) is 11.6 Å². The Morgan fingerprint density at radius 2 is 1.96 bits per heavy atom. The summed E-state index contributed by atoms with van der Waals surface area (Å²) in [4.78, 5) is 12.9. The van der Waals surface area contributed by atoms with Crippen molar-refractivity contribution in [1.82, 2.24) is 0 Å². The third-order valence-electron chi connectivity index (χ3n) is 3.61. The number of nitrogens with one attached hydrogen (secondary N) is 2. The average Bonchev–Trinajstić information content (AvgIpc) is 2.58. The molecule has 2 rings (SSSR count). The molecule has 1 atom stereocenters. The van der Waals surface area contributed by atoms with Crippen LogP contribution in [0.5, 0.6) is 11.5 Å². The number of rotatable bonds is 8. The number of ether oxygens (including phenoxy) is 2. The van der Waals surface area contributed by atoms with E-state index in [1.807, 2.05) is 0 Å². The molecule has 9 heteroatoms. The van der Waals surface area contributed by atoms with E-state index in [0.717, 1.165) is 10.5 Å². The number of likely N-dealkylation sites (N-methyl/N-ethyl adjacent to an activating group) is 1. The maximum Gasteiger partial charge on any atom is 0.387 e. The average molecular weight is 404 g/mol. The normalized spacial score (nSPS) is 12.0. The minimum atomic E-state index is -2.95. The fourth-order valence-electron chi connectivity index (χ4n) is 2.49. The summed E-state index contributed by atoms with van der Waals surface area (Å²) in [6.45, 7) is -2.48. The number of hydrogen-bond donors (Lipinski definition) is 2. The molecule has 0 aromatic heterocycles. The van der Waals surface area contributed by atoms with Gasteiger partial charge in [-0.25, -0.2) is 4.39 Å². The zero-order valence-corrected chi connectivity index (χ0v) is 15.4. The van der Waals surface area contributed by atoms with Crippen LogP contribution in [-0.4, -0.2) is 33.2 Å². The van der Waals surface area contributed by atoms with E-state index in [2.05, 4.69) is 10.1 Å². The first-order chi connectivity index (χ1) is 12.8. The van der Waals surface area contributed by atoms with E-state index in [4.69, 9.17) is 16.3 Å². The molecule has 2 aromatic rings. The molecular weight excluding hydrogens is 385 g/mol. The summed E-state index contributed by atoms with van der Waals surface area (Å²) >= 11 is 5.79. The molecule has 0 aliphatic carbocycles. The standard InChI is InChI=1S/C18H18ClF3N2O3/c1-24(10-17(25)23-14-8-12(19)4-5-13(14)20)9-11-3-6-15(27-18(21)22)16(7-11)26-2/h3-8,18H,9-10H2,1-2H3,(H,23,25)/p+1. The van der Waals surface area contributed by atoms with Crippen molar-refractivity contribution < 1.29 is 32.3 Å². The number of anilines is 1. The van der Waals surface area contributed by atoms with E-state index in [9.17, 15) is 18.0 Å². The zero-order chi connectivity index (χ0) is 20.0. The minimum Gasteiger partial charge on any atom is -0.493 e. The number of hydrogen-bond acceptors (Lipinski definition) is 3. The Hall–Kier alpha value is -2.45. The maximum atomic E-state index is 13.7. The quantitative estimate of drug-likeness (QED) is 0.712. The zero-order valence-electron chi connectivity index (χ0n) is 14.7. The lowest BCUT2D eigenvalue weighted by Gasteiger charge is -2.16. The van der Waals surface area contributed by atoms with Crippen LogP contribution in [0.25, 0.3) is 0 Å². The first-order valence-corrected chi connectivity index (χ1v) is 8.34. The van der Waals surface area contributed by atoms with Gasteiger partial charge in [-0.15, -0.1) is 0 Å². The first kappa shape index (κ1) is 20.9. The third kappa shape index (κ3) is 6.33. The smallest absolute Gasteiger partial charge is 0.387 e. The van der Waals surface area contributed by atoms with Gasteiger partial charge < -0.3 is 19.7 Å². The molecule has 0 bridgehead atoms. The highest BCUT2D eigenvalue weighted by molar-refractivity contribution is 6.30. The number of halogens is 4. The molecule has 0 fully saturated rings. The van der Waals surface area contributed by atoms with Gasteiger partial charge in [0, 0.05) is 10.6 Å². The van der Waals surface area contributed by atoms with E-state index in [-0.39, 0.29) is 23.7 Å². The monoisotopic (exact) mass is 403 g/mol. The second kappa shape index (κ2) is 9.48. The van der Waals surface area contributed by atoms with Crippen LogP contribution in [0.15, 0.2) is 36.4 Å². The lowest BCUT2D eigenvalue weighted by atomic mass is 10.2. The summed E-state index contributed by atoms with van der Waals surface area (Å²) in [7, 11) is 3.12. The summed E-state index contributed by atoms with van der Waals surface area (Å²) in [5, 5.41) is 2.78. The van der Waals surface area contributed by atoms with Gasteiger partial charge in [0.05, 0.1) is 19.8 Å². The Morgan fingerprint density at radius 1 is 1.22 bits per heavy atom. The lowest BCUT2D eigenvalue weighted by Crippen LogP contribution is -3.08. The van der Waals surface area contributed by atoms with E-state index < -0.39 is 18.3 Å². The number of quaternary nitrogens is 1. The molecule has 0 aliphatic heterocycles. The van der Waals surface area contributed by atoms with E-state index in [0.29, 0.717) is 11.6 Å². The van der Waals surface area contributed by atoms with Crippen LogP contribution >= 0.6 is 11.6 Å². The van der Waals surface area contributed by atoms with Gasteiger partial charge in [0.2, 0.25) is 0 Å². The summed E-state index contributed by atoms with van der Waals surface area (Å²) in [6, 6.07) is 8.45. The predicted octanol–water partition coefficient (Wildman–Crippen LogP) is 2.74. The molecule has 27 heavy (non-hydrogen) atoms. The van der Waals surface area contributed by atoms with Crippen molar-refractivity contribution in [2.24, 2.45) is 0 Å². The van der Waals surface area contributed by atoms with Gasteiger partial charge in [-0.3, -0.25) is 4.79 Å². The minimum absolute atomic E-state index is 0.00969. The van der Waals surface area contributed by atoms with Crippen molar-refractivity contribution in [3.05, 3.63) is 52.8 Å². The Balaban J connectivity index is 1.97. The number of methoxy groups -OCH3 is 1. The number of carbonyl (C=O) groups excluding carboxylic acids is 1. The molecule has 0 heterocycles. The van der Waals surface area contributed by atoms with Crippen molar-refractivity contribution in [3.63, 3.8) is 0 Å². The molecule has 0 saturated carbocycles. The van der Waals surface area contributed by atoms with Crippen molar-refractivity contribution in [3.8, 4) is 11.5 Å². The van der Waals surface area contributed by atoms with Crippen molar-refractivity contribution in [1.29, 1.82) is 0 Å². The lowest BCUT2D eigenvalue weighted by molar-refractivity contribution is -0.885. The predicted molar refractivity (Wildman–Crippen MR) is 95.1 cm³/mol. The van der Waals surface area contributed by atoms with Crippen LogP contribution in [0.4, 0.5) is 18.9 Å². The number of benzene rings is 2. The molecule has 1 amide bonds. The molecule has 0 spiro atoms.